The van der Waals surface area contributed by atoms with Crippen LogP contribution in [0.15, 0.2) is 67.3 Å². The van der Waals surface area contributed by atoms with Gasteiger partial charge in [-0.05, 0) is 47.9 Å². The average molecular weight is 394 g/mol. The Hall–Kier alpha value is -3.48. The first-order valence-electron chi connectivity index (χ1n) is 9.34. The normalized spacial score (nSPS) is 11.9. The first-order valence-corrected chi connectivity index (χ1v) is 9.34. The fourth-order valence-corrected chi connectivity index (χ4v) is 2.92. The maximum Gasteiger partial charge on any atom is 0.251 e. The summed E-state index contributed by atoms with van der Waals surface area (Å²) in [6.07, 6.45) is 5.30. The van der Waals surface area contributed by atoms with Gasteiger partial charge in [0, 0.05) is 30.2 Å². The number of carbonyl (C=O) groups is 2. The van der Waals surface area contributed by atoms with Crippen LogP contribution in [0.1, 0.15) is 29.8 Å². The lowest BCUT2D eigenvalue weighted by molar-refractivity contribution is -0.118. The van der Waals surface area contributed by atoms with Crippen molar-refractivity contribution in [3.05, 3.63) is 84.2 Å². The van der Waals surface area contributed by atoms with Crippen LogP contribution >= 0.6 is 0 Å². The van der Waals surface area contributed by atoms with Crippen molar-refractivity contribution in [3.8, 4) is 0 Å². The van der Waals surface area contributed by atoms with Gasteiger partial charge in [-0.3, -0.25) is 9.59 Å². The molecule has 0 bridgehead atoms. The highest BCUT2D eigenvalue weighted by Gasteiger charge is 2.25. The SMILES string of the molecule is CC(C)C(NC(=O)c1ccc(F)cc1)C(=O)Nc1cccc(Cn2ccnc2)c1. The molecule has 29 heavy (non-hydrogen) atoms. The maximum atomic E-state index is 13.1. The Morgan fingerprint density at radius 2 is 1.90 bits per heavy atom. The van der Waals surface area contributed by atoms with E-state index in [9.17, 15) is 14.0 Å². The number of nitrogens with one attached hydrogen (secondary N) is 2. The minimum Gasteiger partial charge on any atom is -0.340 e. The highest BCUT2D eigenvalue weighted by atomic mass is 19.1. The molecule has 1 heterocycles. The molecule has 7 heteroatoms. The highest BCUT2D eigenvalue weighted by Crippen LogP contribution is 2.14. The number of imidazole rings is 1. The summed E-state index contributed by atoms with van der Waals surface area (Å²) in [7, 11) is 0. The van der Waals surface area contributed by atoms with Crippen LogP contribution in [0.25, 0.3) is 0 Å². The van der Waals surface area contributed by atoms with E-state index in [2.05, 4.69) is 15.6 Å². The molecule has 0 fully saturated rings. The molecule has 0 saturated heterocycles. The van der Waals surface area contributed by atoms with Crippen LogP contribution in [0.5, 0.6) is 0 Å². The second-order valence-electron chi connectivity index (χ2n) is 7.13. The second-order valence-corrected chi connectivity index (χ2v) is 7.13. The lowest BCUT2D eigenvalue weighted by Gasteiger charge is -2.22. The van der Waals surface area contributed by atoms with Crippen LogP contribution in [0, 0.1) is 11.7 Å². The number of aromatic nitrogens is 2. The number of carbonyl (C=O) groups excluding carboxylic acids is 2. The first-order chi connectivity index (χ1) is 13.9. The largest absolute Gasteiger partial charge is 0.340 e. The molecule has 0 aliphatic heterocycles. The van der Waals surface area contributed by atoms with E-state index in [1.165, 1.54) is 24.3 Å². The number of hydrogen-bond acceptors (Lipinski definition) is 3. The summed E-state index contributed by atoms with van der Waals surface area (Å²) in [5.41, 5.74) is 1.96. The van der Waals surface area contributed by atoms with Gasteiger partial charge in [0.05, 0.1) is 6.33 Å². The lowest BCUT2D eigenvalue weighted by atomic mass is 10.0. The zero-order valence-corrected chi connectivity index (χ0v) is 16.3. The van der Waals surface area contributed by atoms with Crippen molar-refractivity contribution in [2.75, 3.05) is 5.32 Å². The molecule has 0 aliphatic carbocycles. The Labute approximate surface area is 168 Å². The van der Waals surface area contributed by atoms with Gasteiger partial charge in [-0.1, -0.05) is 26.0 Å². The molecule has 2 N–H and O–H groups in total. The van der Waals surface area contributed by atoms with E-state index in [-0.39, 0.29) is 11.8 Å². The molecule has 0 saturated carbocycles. The quantitative estimate of drug-likeness (QED) is 0.644. The van der Waals surface area contributed by atoms with Crippen LogP contribution in [-0.2, 0) is 11.3 Å². The van der Waals surface area contributed by atoms with Gasteiger partial charge >= 0.3 is 0 Å². The molecule has 0 aliphatic rings. The predicted molar refractivity (Wildman–Crippen MR) is 109 cm³/mol. The lowest BCUT2D eigenvalue weighted by Crippen LogP contribution is -2.47. The fourth-order valence-electron chi connectivity index (χ4n) is 2.92. The van der Waals surface area contributed by atoms with Gasteiger partial charge in [-0.15, -0.1) is 0 Å². The summed E-state index contributed by atoms with van der Waals surface area (Å²) in [5, 5.41) is 5.61. The van der Waals surface area contributed by atoms with E-state index >= 15 is 0 Å². The van der Waals surface area contributed by atoms with Crippen molar-refractivity contribution in [3.63, 3.8) is 0 Å². The minimum absolute atomic E-state index is 0.131. The number of benzene rings is 2. The zero-order valence-electron chi connectivity index (χ0n) is 16.3. The van der Waals surface area contributed by atoms with Gasteiger partial charge in [-0.2, -0.15) is 0 Å². The third-order valence-electron chi connectivity index (χ3n) is 4.46. The van der Waals surface area contributed by atoms with Crippen LogP contribution in [0.4, 0.5) is 10.1 Å². The van der Waals surface area contributed by atoms with E-state index in [0.717, 1.165) is 5.56 Å². The van der Waals surface area contributed by atoms with Crippen molar-refractivity contribution in [2.45, 2.75) is 26.4 Å². The van der Waals surface area contributed by atoms with Crippen LogP contribution < -0.4 is 10.6 Å². The summed E-state index contributed by atoms with van der Waals surface area (Å²) in [6, 6.07) is 12.0. The van der Waals surface area contributed by atoms with Gasteiger partial charge in [0.25, 0.3) is 5.91 Å². The van der Waals surface area contributed by atoms with Crippen molar-refractivity contribution < 1.29 is 14.0 Å². The Kier molecular flexibility index (Phi) is 6.39. The molecule has 6 nitrogen and oxygen atoms in total. The zero-order chi connectivity index (χ0) is 20.8. The van der Waals surface area contributed by atoms with Crippen molar-refractivity contribution in [1.29, 1.82) is 0 Å². The number of nitrogens with zero attached hydrogens (tertiary/aromatic N) is 2. The summed E-state index contributed by atoms with van der Waals surface area (Å²) in [6.45, 7) is 4.34. The van der Waals surface area contributed by atoms with Gasteiger partial charge in [0.15, 0.2) is 0 Å². The van der Waals surface area contributed by atoms with E-state index < -0.39 is 17.8 Å². The van der Waals surface area contributed by atoms with Crippen LogP contribution in [0.3, 0.4) is 0 Å². The molecule has 150 valence electrons. The van der Waals surface area contributed by atoms with Crippen LogP contribution in [-0.4, -0.2) is 27.4 Å². The van der Waals surface area contributed by atoms with Gasteiger partial charge in [0.1, 0.15) is 11.9 Å². The minimum atomic E-state index is -0.732. The summed E-state index contributed by atoms with van der Waals surface area (Å²) in [4.78, 5) is 29.3. The molecule has 1 unspecified atom stereocenters. The monoisotopic (exact) mass is 394 g/mol. The number of hydrogen-bond donors (Lipinski definition) is 2. The molecule has 0 radical (unpaired) electrons. The Balaban J connectivity index is 1.68. The Bertz CT molecular complexity index is 969. The summed E-state index contributed by atoms with van der Waals surface area (Å²) < 4.78 is 15.0. The van der Waals surface area contributed by atoms with E-state index in [0.29, 0.717) is 17.8 Å². The Morgan fingerprint density at radius 3 is 2.55 bits per heavy atom. The van der Waals surface area contributed by atoms with Gasteiger partial charge in [0.2, 0.25) is 5.91 Å². The van der Waals surface area contributed by atoms with E-state index in [1.54, 1.807) is 18.6 Å². The molecule has 0 spiro atoms. The third kappa shape index (κ3) is 5.51. The average Bonchev–Trinajstić information content (AvgIpc) is 3.19. The maximum absolute atomic E-state index is 13.1. The summed E-state index contributed by atoms with van der Waals surface area (Å²) >= 11 is 0. The molecule has 3 rings (SSSR count). The fraction of sp³-hybridized carbons (Fsp3) is 0.227. The number of anilines is 1. The number of amides is 2. The third-order valence-corrected chi connectivity index (χ3v) is 4.46. The predicted octanol–water partition coefficient (Wildman–Crippen LogP) is 3.46. The highest BCUT2D eigenvalue weighted by molar-refractivity contribution is 6.01. The standard InChI is InChI=1S/C22H23FN4O2/c1-15(2)20(26-21(28)17-6-8-18(23)9-7-17)22(29)25-19-5-3-4-16(12-19)13-27-11-10-24-14-27/h3-12,14-15,20H,13H2,1-2H3,(H,25,29)(H,26,28). The number of rotatable bonds is 7. The second kappa shape index (κ2) is 9.14. The van der Waals surface area contributed by atoms with E-state index in [4.69, 9.17) is 0 Å². The molecule has 1 atom stereocenters. The smallest absolute Gasteiger partial charge is 0.251 e. The number of halogens is 1. The molecule has 1 aromatic heterocycles. The topological polar surface area (TPSA) is 76.0 Å². The molecule has 2 amide bonds. The van der Waals surface area contributed by atoms with Gasteiger partial charge < -0.3 is 15.2 Å². The van der Waals surface area contributed by atoms with Crippen LogP contribution in [0.2, 0.25) is 0 Å². The molecule has 2 aromatic carbocycles. The van der Waals surface area contributed by atoms with E-state index in [1.807, 2.05) is 42.8 Å². The van der Waals surface area contributed by atoms with Crippen molar-refractivity contribution in [1.82, 2.24) is 14.9 Å². The molecule has 3 aromatic rings. The summed E-state index contributed by atoms with van der Waals surface area (Å²) in [5.74, 6) is -1.29. The van der Waals surface area contributed by atoms with Gasteiger partial charge in [-0.25, -0.2) is 9.37 Å². The Morgan fingerprint density at radius 1 is 1.14 bits per heavy atom. The molecular weight excluding hydrogens is 371 g/mol. The first kappa shape index (κ1) is 20.3. The van der Waals surface area contributed by atoms with Crippen molar-refractivity contribution >= 4 is 17.5 Å². The van der Waals surface area contributed by atoms with Crippen molar-refractivity contribution in [2.24, 2.45) is 5.92 Å². The molecular formula is C22H23FN4O2.